The van der Waals surface area contributed by atoms with Gasteiger partial charge in [0.1, 0.15) is 0 Å². The van der Waals surface area contributed by atoms with Crippen molar-refractivity contribution in [3.63, 3.8) is 0 Å². The van der Waals surface area contributed by atoms with Crippen LogP contribution in [0.3, 0.4) is 0 Å². The Bertz CT molecular complexity index is 403. The lowest BCUT2D eigenvalue weighted by atomic mass is 10.0. The van der Waals surface area contributed by atoms with E-state index in [-0.39, 0.29) is 5.75 Å². The van der Waals surface area contributed by atoms with Crippen molar-refractivity contribution in [3.05, 3.63) is 23.8 Å². The number of rotatable bonds is 5. The van der Waals surface area contributed by atoms with Crippen LogP contribution in [0.5, 0.6) is 11.5 Å². The van der Waals surface area contributed by atoms with Gasteiger partial charge in [0.2, 0.25) is 0 Å². The number of nitrogens with zero attached hydrogens (tertiary/aromatic N) is 1. The molecule has 19 heavy (non-hydrogen) atoms. The number of piperidine rings is 1. The number of likely N-dealkylation sites (N-methyl/N-ethyl adjacent to an activating group) is 1. The third kappa shape index (κ3) is 3.61. The Labute approximate surface area is 115 Å². The molecule has 0 bridgehead atoms. The van der Waals surface area contributed by atoms with Crippen molar-refractivity contribution in [1.29, 1.82) is 0 Å². The van der Waals surface area contributed by atoms with Crippen LogP contribution < -0.4 is 10.1 Å². The Kier molecular flexibility index (Phi) is 5.05. The number of ether oxygens (including phenoxy) is 1. The zero-order chi connectivity index (χ0) is 13.7. The first-order valence-corrected chi connectivity index (χ1v) is 7.05. The molecule has 1 aromatic carbocycles. The summed E-state index contributed by atoms with van der Waals surface area (Å²) in [5.74, 6) is 0.754. The minimum Gasteiger partial charge on any atom is -0.504 e. The van der Waals surface area contributed by atoms with Gasteiger partial charge in [0.05, 0.1) is 7.11 Å². The quantitative estimate of drug-likeness (QED) is 0.853. The lowest BCUT2D eigenvalue weighted by molar-refractivity contribution is 0.166. The molecule has 1 aliphatic rings. The van der Waals surface area contributed by atoms with E-state index in [4.69, 9.17) is 4.74 Å². The van der Waals surface area contributed by atoms with Gasteiger partial charge in [-0.15, -0.1) is 0 Å². The molecule has 106 valence electrons. The molecule has 1 saturated heterocycles. The average molecular weight is 264 g/mol. The minimum atomic E-state index is 0.220. The van der Waals surface area contributed by atoms with Crippen molar-refractivity contribution in [2.75, 3.05) is 26.7 Å². The van der Waals surface area contributed by atoms with E-state index < -0.39 is 0 Å². The van der Waals surface area contributed by atoms with Crippen LogP contribution in [0.1, 0.15) is 25.3 Å². The summed E-state index contributed by atoms with van der Waals surface area (Å²) < 4.78 is 5.07. The molecule has 4 heteroatoms. The SMILES string of the molecule is CCN(Cc1ccc(OC)c(O)c1)C1CCCNC1. The largest absolute Gasteiger partial charge is 0.504 e. The van der Waals surface area contributed by atoms with E-state index in [0.717, 1.165) is 31.7 Å². The second-order valence-corrected chi connectivity index (χ2v) is 5.07. The van der Waals surface area contributed by atoms with E-state index in [1.165, 1.54) is 12.8 Å². The maximum atomic E-state index is 9.83. The van der Waals surface area contributed by atoms with Crippen LogP contribution in [-0.4, -0.2) is 42.8 Å². The van der Waals surface area contributed by atoms with Crippen LogP contribution in [-0.2, 0) is 6.54 Å². The summed E-state index contributed by atoms with van der Waals surface area (Å²) in [6.45, 7) is 6.30. The van der Waals surface area contributed by atoms with E-state index in [1.807, 2.05) is 12.1 Å². The first kappa shape index (κ1) is 14.2. The Morgan fingerprint density at radius 1 is 1.47 bits per heavy atom. The molecule has 0 radical (unpaired) electrons. The molecule has 1 heterocycles. The molecule has 0 aliphatic carbocycles. The molecule has 0 amide bonds. The third-order valence-corrected chi connectivity index (χ3v) is 3.82. The number of hydrogen-bond donors (Lipinski definition) is 2. The van der Waals surface area contributed by atoms with Crippen LogP contribution in [0.4, 0.5) is 0 Å². The molecule has 0 aromatic heterocycles. The van der Waals surface area contributed by atoms with Gasteiger partial charge < -0.3 is 15.2 Å². The molecule has 2 rings (SSSR count). The number of benzene rings is 1. The molecule has 0 saturated carbocycles. The maximum Gasteiger partial charge on any atom is 0.160 e. The highest BCUT2D eigenvalue weighted by Gasteiger charge is 2.19. The number of hydrogen-bond acceptors (Lipinski definition) is 4. The van der Waals surface area contributed by atoms with Gasteiger partial charge in [0, 0.05) is 19.1 Å². The average Bonchev–Trinajstić information content (AvgIpc) is 2.46. The normalized spacial score (nSPS) is 19.6. The highest BCUT2D eigenvalue weighted by atomic mass is 16.5. The van der Waals surface area contributed by atoms with Gasteiger partial charge in [-0.1, -0.05) is 13.0 Å². The zero-order valence-electron chi connectivity index (χ0n) is 11.9. The molecule has 1 unspecified atom stereocenters. The fourth-order valence-electron chi connectivity index (χ4n) is 2.71. The summed E-state index contributed by atoms with van der Waals surface area (Å²) in [5, 5.41) is 13.3. The molecule has 1 aliphatic heterocycles. The number of nitrogens with one attached hydrogen (secondary N) is 1. The summed E-state index contributed by atoms with van der Waals surface area (Å²) in [4.78, 5) is 2.47. The smallest absolute Gasteiger partial charge is 0.160 e. The Morgan fingerprint density at radius 2 is 2.32 bits per heavy atom. The predicted octanol–water partition coefficient (Wildman–Crippen LogP) is 1.97. The van der Waals surface area contributed by atoms with Gasteiger partial charge in [-0.3, -0.25) is 4.90 Å². The van der Waals surface area contributed by atoms with Gasteiger partial charge in [0.25, 0.3) is 0 Å². The van der Waals surface area contributed by atoms with Gasteiger partial charge in [0.15, 0.2) is 11.5 Å². The van der Waals surface area contributed by atoms with Gasteiger partial charge in [-0.05, 0) is 43.6 Å². The van der Waals surface area contributed by atoms with Crippen molar-refractivity contribution in [2.24, 2.45) is 0 Å². The number of phenols is 1. The van der Waals surface area contributed by atoms with Crippen LogP contribution in [0.15, 0.2) is 18.2 Å². The lowest BCUT2D eigenvalue weighted by Crippen LogP contribution is -2.45. The van der Waals surface area contributed by atoms with E-state index in [9.17, 15) is 5.11 Å². The van der Waals surface area contributed by atoms with Gasteiger partial charge in [-0.2, -0.15) is 0 Å². The molecule has 1 aromatic rings. The van der Waals surface area contributed by atoms with Crippen molar-refractivity contribution in [3.8, 4) is 11.5 Å². The first-order chi connectivity index (χ1) is 9.24. The highest BCUT2D eigenvalue weighted by molar-refractivity contribution is 5.41. The molecule has 0 spiro atoms. The topological polar surface area (TPSA) is 44.7 Å². The van der Waals surface area contributed by atoms with Crippen molar-refractivity contribution >= 4 is 0 Å². The highest BCUT2D eigenvalue weighted by Crippen LogP contribution is 2.27. The van der Waals surface area contributed by atoms with E-state index in [1.54, 1.807) is 13.2 Å². The standard InChI is InChI=1S/C15H24N2O2/c1-3-17(13-5-4-8-16-10-13)11-12-6-7-15(19-2)14(18)9-12/h6-7,9,13,16,18H,3-5,8,10-11H2,1-2H3. The van der Waals surface area contributed by atoms with Gasteiger partial charge >= 0.3 is 0 Å². The molecule has 1 fully saturated rings. The monoisotopic (exact) mass is 264 g/mol. The van der Waals surface area contributed by atoms with E-state index in [0.29, 0.717) is 11.8 Å². The number of methoxy groups -OCH3 is 1. The fourth-order valence-corrected chi connectivity index (χ4v) is 2.71. The van der Waals surface area contributed by atoms with Crippen LogP contribution >= 0.6 is 0 Å². The second-order valence-electron chi connectivity index (χ2n) is 5.07. The third-order valence-electron chi connectivity index (χ3n) is 3.82. The Balaban J connectivity index is 2.03. The minimum absolute atomic E-state index is 0.220. The van der Waals surface area contributed by atoms with E-state index in [2.05, 4.69) is 17.1 Å². The van der Waals surface area contributed by atoms with Gasteiger partial charge in [-0.25, -0.2) is 0 Å². The van der Waals surface area contributed by atoms with Crippen molar-refractivity contribution < 1.29 is 9.84 Å². The number of phenolic OH excluding ortho intramolecular Hbond substituents is 1. The van der Waals surface area contributed by atoms with E-state index >= 15 is 0 Å². The summed E-state index contributed by atoms with van der Waals surface area (Å²) in [6, 6.07) is 6.26. The summed E-state index contributed by atoms with van der Waals surface area (Å²) in [5.41, 5.74) is 1.13. The molecular weight excluding hydrogens is 240 g/mol. The Hall–Kier alpha value is -1.26. The first-order valence-electron chi connectivity index (χ1n) is 7.05. The predicted molar refractivity (Wildman–Crippen MR) is 76.6 cm³/mol. The fraction of sp³-hybridized carbons (Fsp3) is 0.600. The van der Waals surface area contributed by atoms with Crippen LogP contribution in [0, 0.1) is 0 Å². The van der Waals surface area contributed by atoms with Crippen molar-refractivity contribution in [1.82, 2.24) is 10.2 Å². The van der Waals surface area contributed by atoms with Crippen LogP contribution in [0.25, 0.3) is 0 Å². The maximum absolute atomic E-state index is 9.83. The summed E-state index contributed by atoms with van der Waals surface area (Å²) >= 11 is 0. The zero-order valence-corrected chi connectivity index (χ0v) is 11.9. The second kappa shape index (κ2) is 6.78. The molecule has 4 nitrogen and oxygen atoms in total. The van der Waals surface area contributed by atoms with Crippen molar-refractivity contribution in [2.45, 2.75) is 32.4 Å². The summed E-state index contributed by atoms with van der Waals surface area (Å²) in [6.07, 6.45) is 2.50. The van der Waals surface area contributed by atoms with Crippen LogP contribution in [0.2, 0.25) is 0 Å². The summed E-state index contributed by atoms with van der Waals surface area (Å²) in [7, 11) is 1.57. The lowest BCUT2D eigenvalue weighted by Gasteiger charge is -2.34. The molecule has 1 atom stereocenters. The molecular formula is C15H24N2O2. The Morgan fingerprint density at radius 3 is 2.89 bits per heavy atom. The molecule has 2 N–H and O–H groups in total. The number of aromatic hydroxyl groups is 1.